The molecule has 4 heteroatoms. The van der Waals surface area contributed by atoms with Crippen molar-refractivity contribution in [2.45, 2.75) is 38.5 Å². The molecular formula is C15H23BrN2O. The van der Waals surface area contributed by atoms with E-state index in [2.05, 4.69) is 59.9 Å². The quantitative estimate of drug-likeness (QED) is 0.924. The number of likely N-dealkylation sites (N-methyl/N-ethyl adjacent to an activating group) is 1. The van der Waals surface area contributed by atoms with E-state index in [1.807, 2.05) is 0 Å². The van der Waals surface area contributed by atoms with Crippen LogP contribution in [0.15, 0.2) is 22.7 Å². The van der Waals surface area contributed by atoms with Crippen LogP contribution in [0.1, 0.15) is 30.5 Å². The fourth-order valence-corrected chi connectivity index (χ4v) is 3.24. The number of aryl methyl sites for hydroxylation is 1. The molecule has 1 aromatic rings. The number of halogens is 1. The van der Waals surface area contributed by atoms with Crippen molar-refractivity contribution in [3.63, 3.8) is 0 Å². The van der Waals surface area contributed by atoms with Gasteiger partial charge in [0.1, 0.15) is 0 Å². The molecule has 0 amide bonds. The van der Waals surface area contributed by atoms with Crippen LogP contribution >= 0.6 is 15.9 Å². The topological polar surface area (TPSA) is 38.5 Å². The highest BCUT2D eigenvalue weighted by atomic mass is 79.9. The monoisotopic (exact) mass is 326 g/mol. The molecule has 3 atom stereocenters. The van der Waals surface area contributed by atoms with Crippen LogP contribution in [0.5, 0.6) is 0 Å². The molecule has 3 nitrogen and oxygen atoms in total. The smallest absolute Gasteiger partial charge is 0.0703 e. The summed E-state index contributed by atoms with van der Waals surface area (Å²) >= 11 is 3.60. The zero-order valence-corrected chi connectivity index (χ0v) is 13.5. The lowest BCUT2D eigenvalue weighted by molar-refractivity contribution is 0.0686. The Hall–Kier alpha value is -0.420. The Morgan fingerprint density at radius 3 is 2.79 bits per heavy atom. The third-order valence-electron chi connectivity index (χ3n) is 4.15. The van der Waals surface area contributed by atoms with Crippen LogP contribution in [-0.2, 0) is 4.74 Å². The van der Waals surface area contributed by atoms with Crippen molar-refractivity contribution >= 4 is 15.9 Å². The molecule has 0 radical (unpaired) electrons. The van der Waals surface area contributed by atoms with E-state index in [1.165, 1.54) is 11.1 Å². The van der Waals surface area contributed by atoms with Crippen LogP contribution in [0.2, 0.25) is 0 Å². The van der Waals surface area contributed by atoms with Gasteiger partial charge in [-0.1, -0.05) is 28.1 Å². The fraction of sp³-hybridized carbons (Fsp3) is 0.600. The zero-order chi connectivity index (χ0) is 14.0. The van der Waals surface area contributed by atoms with Gasteiger partial charge in [0.2, 0.25) is 0 Å². The van der Waals surface area contributed by atoms with Gasteiger partial charge in [0.25, 0.3) is 0 Å². The standard InChI is InChI=1S/C15H23BrN2O/c1-10-4-5-12(8-13(10)16)15(9-17)18(3)14-6-7-19-11(14)2/h4-5,8,11,14-15H,6-7,9,17H2,1-3H3. The fourth-order valence-electron chi connectivity index (χ4n) is 2.84. The number of rotatable bonds is 4. The van der Waals surface area contributed by atoms with Crippen molar-refractivity contribution in [1.82, 2.24) is 4.90 Å². The van der Waals surface area contributed by atoms with E-state index in [9.17, 15) is 0 Å². The van der Waals surface area contributed by atoms with Gasteiger partial charge in [0.15, 0.2) is 0 Å². The van der Waals surface area contributed by atoms with Gasteiger partial charge in [-0.15, -0.1) is 0 Å². The number of hydrogen-bond acceptors (Lipinski definition) is 3. The molecular weight excluding hydrogens is 304 g/mol. The Bertz CT molecular complexity index is 438. The highest BCUT2D eigenvalue weighted by molar-refractivity contribution is 9.10. The molecule has 3 unspecified atom stereocenters. The summed E-state index contributed by atoms with van der Waals surface area (Å²) in [5.41, 5.74) is 8.52. The first-order valence-corrected chi connectivity index (χ1v) is 7.63. The van der Waals surface area contributed by atoms with Gasteiger partial charge in [0.05, 0.1) is 6.10 Å². The molecule has 0 aromatic heterocycles. The number of nitrogens with zero attached hydrogens (tertiary/aromatic N) is 1. The molecule has 1 aromatic carbocycles. The lowest BCUT2D eigenvalue weighted by Crippen LogP contribution is -2.42. The molecule has 1 aliphatic rings. The molecule has 2 rings (SSSR count). The van der Waals surface area contributed by atoms with E-state index in [1.54, 1.807) is 0 Å². The van der Waals surface area contributed by atoms with Crippen LogP contribution in [0, 0.1) is 6.92 Å². The second kappa shape index (κ2) is 6.35. The SMILES string of the molecule is Cc1ccc(C(CN)N(C)C2CCOC2C)cc1Br. The van der Waals surface area contributed by atoms with Crippen LogP contribution < -0.4 is 5.73 Å². The number of nitrogens with two attached hydrogens (primary N) is 1. The van der Waals surface area contributed by atoms with Crippen LogP contribution in [0.25, 0.3) is 0 Å². The summed E-state index contributed by atoms with van der Waals surface area (Å²) in [5, 5.41) is 0. The Balaban J connectivity index is 2.20. The van der Waals surface area contributed by atoms with Crippen LogP contribution in [0.3, 0.4) is 0 Å². The normalized spacial score (nSPS) is 24.9. The van der Waals surface area contributed by atoms with Gasteiger partial charge in [-0.05, 0) is 44.5 Å². The molecule has 2 N–H and O–H groups in total. The maximum Gasteiger partial charge on any atom is 0.0703 e. The Morgan fingerprint density at radius 2 is 2.26 bits per heavy atom. The van der Waals surface area contributed by atoms with Crippen molar-refractivity contribution < 1.29 is 4.74 Å². The molecule has 0 spiro atoms. The Kier molecular flexibility index (Phi) is 5.01. The van der Waals surface area contributed by atoms with E-state index in [4.69, 9.17) is 10.5 Å². The van der Waals surface area contributed by atoms with Gasteiger partial charge in [-0.3, -0.25) is 4.90 Å². The van der Waals surface area contributed by atoms with Gasteiger partial charge in [0, 0.05) is 29.7 Å². The van der Waals surface area contributed by atoms with Gasteiger partial charge < -0.3 is 10.5 Å². The molecule has 106 valence electrons. The van der Waals surface area contributed by atoms with Crippen molar-refractivity contribution in [3.8, 4) is 0 Å². The molecule has 0 bridgehead atoms. The number of benzene rings is 1. The molecule has 1 saturated heterocycles. The second-order valence-electron chi connectivity index (χ2n) is 5.36. The average molecular weight is 327 g/mol. The summed E-state index contributed by atoms with van der Waals surface area (Å²) in [5.74, 6) is 0. The van der Waals surface area contributed by atoms with E-state index >= 15 is 0 Å². The molecule has 1 heterocycles. The first-order chi connectivity index (χ1) is 9.04. The third kappa shape index (κ3) is 3.19. The minimum Gasteiger partial charge on any atom is -0.377 e. The molecule has 0 aliphatic carbocycles. The van der Waals surface area contributed by atoms with Crippen LogP contribution in [-0.4, -0.2) is 37.2 Å². The van der Waals surface area contributed by atoms with E-state index in [0.717, 1.165) is 17.5 Å². The van der Waals surface area contributed by atoms with Crippen molar-refractivity contribution in [1.29, 1.82) is 0 Å². The van der Waals surface area contributed by atoms with Crippen molar-refractivity contribution in [2.24, 2.45) is 5.73 Å². The van der Waals surface area contributed by atoms with Crippen molar-refractivity contribution in [2.75, 3.05) is 20.2 Å². The summed E-state index contributed by atoms with van der Waals surface area (Å²) < 4.78 is 6.81. The Labute approximate surface area is 124 Å². The minimum atomic E-state index is 0.242. The lowest BCUT2D eigenvalue weighted by atomic mass is 10.0. The summed E-state index contributed by atoms with van der Waals surface area (Å²) in [6.45, 7) is 5.72. The van der Waals surface area contributed by atoms with Gasteiger partial charge >= 0.3 is 0 Å². The summed E-state index contributed by atoms with van der Waals surface area (Å²) in [6.07, 6.45) is 1.37. The maximum absolute atomic E-state index is 6.01. The van der Waals surface area contributed by atoms with E-state index in [0.29, 0.717) is 12.6 Å². The van der Waals surface area contributed by atoms with Gasteiger partial charge in [-0.25, -0.2) is 0 Å². The lowest BCUT2D eigenvalue weighted by Gasteiger charge is -2.34. The highest BCUT2D eigenvalue weighted by Gasteiger charge is 2.31. The maximum atomic E-state index is 6.01. The summed E-state index contributed by atoms with van der Waals surface area (Å²) in [4.78, 5) is 2.37. The summed E-state index contributed by atoms with van der Waals surface area (Å²) in [6, 6.07) is 7.20. The number of hydrogen-bond donors (Lipinski definition) is 1. The van der Waals surface area contributed by atoms with E-state index < -0.39 is 0 Å². The number of ether oxygens (including phenoxy) is 1. The molecule has 0 saturated carbocycles. The second-order valence-corrected chi connectivity index (χ2v) is 6.21. The van der Waals surface area contributed by atoms with Gasteiger partial charge in [-0.2, -0.15) is 0 Å². The summed E-state index contributed by atoms with van der Waals surface area (Å²) in [7, 11) is 2.15. The largest absolute Gasteiger partial charge is 0.377 e. The highest BCUT2D eigenvalue weighted by Crippen LogP contribution is 2.29. The average Bonchev–Trinajstić information content (AvgIpc) is 2.80. The van der Waals surface area contributed by atoms with Crippen LogP contribution in [0.4, 0.5) is 0 Å². The van der Waals surface area contributed by atoms with Crippen molar-refractivity contribution in [3.05, 3.63) is 33.8 Å². The Morgan fingerprint density at radius 1 is 1.53 bits per heavy atom. The predicted molar refractivity (Wildman–Crippen MR) is 82.3 cm³/mol. The first-order valence-electron chi connectivity index (χ1n) is 6.84. The minimum absolute atomic E-state index is 0.242. The molecule has 1 fully saturated rings. The zero-order valence-electron chi connectivity index (χ0n) is 11.9. The third-order valence-corrected chi connectivity index (χ3v) is 5.01. The molecule has 1 aliphatic heterocycles. The van der Waals surface area contributed by atoms with E-state index in [-0.39, 0.29) is 12.1 Å². The first kappa shape index (κ1) is 15.0. The predicted octanol–water partition coefficient (Wildman–Crippen LogP) is 2.87. The molecule has 19 heavy (non-hydrogen) atoms.